The van der Waals surface area contributed by atoms with Crippen LogP contribution in [0.25, 0.3) is 10.9 Å². The lowest BCUT2D eigenvalue weighted by atomic mass is 10.0. The molecule has 42 heavy (non-hydrogen) atoms. The Kier molecular flexibility index (Phi) is 10.2. The first-order valence-electron chi connectivity index (χ1n) is 14.2. The Morgan fingerprint density at radius 3 is 2.64 bits per heavy atom. The van der Waals surface area contributed by atoms with Crippen molar-refractivity contribution in [2.45, 2.75) is 58.5 Å². The van der Waals surface area contributed by atoms with Crippen LogP contribution in [0, 0.1) is 11.7 Å². The highest BCUT2D eigenvalue weighted by molar-refractivity contribution is 5.96. The van der Waals surface area contributed by atoms with Crippen LogP contribution in [-0.2, 0) is 27.3 Å². The Hall–Kier alpha value is -4.41. The number of rotatable bonds is 11. The minimum absolute atomic E-state index is 0.0431. The highest BCUT2D eigenvalue weighted by atomic mass is 19.1. The maximum absolute atomic E-state index is 14.2. The quantitative estimate of drug-likeness (QED) is 0.292. The van der Waals surface area contributed by atoms with Crippen LogP contribution in [0.2, 0.25) is 0 Å². The van der Waals surface area contributed by atoms with Crippen molar-refractivity contribution in [2.24, 2.45) is 5.92 Å². The normalized spacial score (nSPS) is 14.1. The fraction of sp³-hybridized carbons (Fsp3) is 0.419. The number of pyridine rings is 1. The number of likely N-dealkylation sites (tertiary alicyclic amines) is 1. The van der Waals surface area contributed by atoms with E-state index >= 15 is 0 Å². The van der Waals surface area contributed by atoms with E-state index in [0.717, 1.165) is 42.4 Å². The van der Waals surface area contributed by atoms with Crippen molar-refractivity contribution in [1.82, 2.24) is 19.8 Å². The number of halogens is 1. The molecule has 0 bridgehead atoms. The molecule has 0 spiro atoms. The van der Waals surface area contributed by atoms with Crippen molar-refractivity contribution in [1.29, 1.82) is 0 Å². The molecule has 1 unspecified atom stereocenters. The second kappa shape index (κ2) is 14.0. The average molecular weight is 580 g/mol. The number of fused-ring (bicyclic) bond motifs is 1. The summed E-state index contributed by atoms with van der Waals surface area (Å²) in [7, 11) is 1.19. The molecule has 1 aromatic carbocycles. The standard InChI is InChI=1S/C31H38FN5O5/c1-20(2)15-21-16-23(32)17-22-18-24(33-28(21)22)19-37-14-8-10-26(30(37)40)34-29(39)25(35-31(41)42-3)9-4-5-11-27(38)36-12-6-7-13-36/h5,8,10-11,14,16-18,20,25,33H,4,6-7,9,12-13,15,19H2,1-3H3,(H,34,39)(H,35,41)/b11-5+. The van der Waals surface area contributed by atoms with Gasteiger partial charge in [0.15, 0.2) is 0 Å². The van der Waals surface area contributed by atoms with Gasteiger partial charge in [-0.05, 0) is 80.0 Å². The number of methoxy groups -OCH3 is 1. The maximum Gasteiger partial charge on any atom is 0.407 e. The topological polar surface area (TPSA) is 126 Å². The zero-order valence-corrected chi connectivity index (χ0v) is 24.2. The molecule has 1 saturated heterocycles. The van der Waals surface area contributed by atoms with Crippen molar-refractivity contribution in [3.63, 3.8) is 0 Å². The van der Waals surface area contributed by atoms with Crippen LogP contribution >= 0.6 is 0 Å². The molecular formula is C31H38FN5O5. The Bertz CT molecular complexity index is 1520. The number of nitrogens with zero attached hydrogens (tertiary/aromatic N) is 2. The highest BCUT2D eigenvalue weighted by Crippen LogP contribution is 2.24. The first-order chi connectivity index (χ1) is 20.1. The first-order valence-corrected chi connectivity index (χ1v) is 14.2. The molecule has 3 N–H and O–H groups in total. The largest absolute Gasteiger partial charge is 0.453 e. The van der Waals surface area contributed by atoms with Gasteiger partial charge in [-0.15, -0.1) is 0 Å². The number of ether oxygens (including phenoxy) is 1. The summed E-state index contributed by atoms with van der Waals surface area (Å²) in [6.45, 7) is 5.80. The van der Waals surface area contributed by atoms with Gasteiger partial charge in [-0.2, -0.15) is 0 Å². The fourth-order valence-electron chi connectivity index (χ4n) is 5.14. The summed E-state index contributed by atoms with van der Waals surface area (Å²) in [6, 6.07) is 6.94. The summed E-state index contributed by atoms with van der Waals surface area (Å²) in [5.74, 6) is -0.630. The zero-order chi connectivity index (χ0) is 30.2. The Morgan fingerprint density at radius 2 is 1.93 bits per heavy atom. The molecular weight excluding hydrogens is 541 g/mol. The van der Waals surface area contributed by atoms with Gasteiger partial charge in [0.2, 0.25) is 11.8 Å². The molecule has 1 atom stereocenters. The minimum Gasteiger partial charge on any atom is -0.453 e. The molecule has 1 aliphatic heterocycles. The number of hydrogen-bond acceptors (Lipinski definition) is 5. The van der Waals surface area contributed by atoms with Crippen molar-refractivity contribution >= 4 is 34.5 Å². The van der Waals surface area contributed by atoms with Gasteiger partial charge in [-0.1, -0.05) is 19.9 Å². The van der Waals surface area contributed by atoms with E-state index in [1.807, 2.05) is 6.07 Å². The van der Waals surface area contributed by atoms with E-state index in [9.17, 15) is 23.6 Å². The predicted octanol–water partition coefficient (Wildman–Crippen LogP) is 4.34. The number of hydrogen-bond donors (Lipinski definition) is 3. The van der Waals surface area contributed by atoms with Crippen molar-refractivity contribution < 1.29 is 23.5 Å². The number of amides is 3. The molecule has 3 aromatic rings. The molecule has 0 aliphatic carbocycles. The van der Waals surface area contributed by atoms with Gasteiger partial charge in [0.25, 0.3) is 5.56 Å². The predicted molar refractivity (Wildman–Crippen MR) is 159 cm³/mol. The number of alkyl carbamates (subject to hydrolysis) is 1. The smallest absolute Gasteiger partial charge is 0.407 e. The van der Waals surface area contributed by atoms with Gasteiger partial charge < -0.3 is 29.8 Å². The van der Waals surface area contributed by atoms with Gasteiger partial charge >= 0.3 is 6.09 Å². The number of H-pyrrole nitrogens is 1. The highest BCUT2D eigenvalue weighted by Gasteiger charge is 2.22. The van der Waals surface area contributed by atoms with Gasteiger partial charge in [0.1, 0.15) is 17.5 Å². The molecule has 3 heterocycles. The van der Waals surface area contributed by atoms with E-state index in [1.54, 1.807) is 23.2 Å². The van der Waals surface area contributed by atoms with Crippen LogP contribution in [0.4, 0.5) is 14.9 Å². The summed E-state index contributed by atoms with van der Waals surface area (Å²) in [5, 5.41) is 5.85. The number of anilines is 1. The SMILES string of the molecule is COC(=O)NC(CC/C=C/C(=O)N1CCCC1)C(=O)Nc1cccn(Cc2cc3cc(F)cc(CC(C)C)c3[nH]2)c1=O. The molecule has 1 aliphatic rings. The fourth-order valence-corrected chi connectivity index (χ4v) is 5.14. The van der Waals surface area contributed by atoms with Crippen LogP contribution in [0.3, 0.4) is 0 Å². The summed E-state index contributed by atoms with van der Waals surface area (Å²) < 4.78 is 20.3. The van der Waals surface area contributed by atoms with E-state index in [0.29, 0.717) is 24.5 Å². The summed E-state index contributed by atoms with van der Waals surface area (Å²) in [5.41, 5.74) is 2.03. The van der Waals surface area contributed by atoms with Crippen LogP contribution in [0.5, 0.6) is 0 Å². The zero-order valence-electron chi connectivity index (χ0n) is 24.2. The Morgan fingerprint density at radius 1 is 1.17 bits per heavy atom. The van der Waals surface area contributed by atoms with Gasteiger partial charge in [0.05, 0.1) is 13.7 Å². The third-order valence-electron chi connectivity index (χ3n) is 7.17. The molecule has 4 rings (SSSR count). The number of allylic oxidation sites excluding steroid dienone is 1. The monoisotopic (exact) mass is 579 g/mol. The molecule has 2 aromatic heterocycles. The van der Waals surface area contributed by atoms with Gasteiger partial charge in [-0.3, -0.25) is 14.4 Å². The lowest BCUT2D eigenvalue weighted by Crippen LogP contribution is -2.44. The number of aromatic amines is 1. The number of benzene rings is 1. The Balaban J connectivity index is 1.46. The minimum atomic E-state index is -1.000. The number of carbonyl (C=O) groups is 3. The molecule has 0 radical (unpaired) electrons. The van der Waals surface area contributed by atoms with Crippen LogP contribution in [0.1, 0.15) is 50.8 Å². The average Bonchev–Trinajstić information content (AvgIpc) is 3.62. The van der Waals surface area contributed by atoms with Gasteiger partial charge in [0, 0.05) is 35.9 Å². The molecule has 0 saturated carbocycles. The maximum atomic E-state index is 14.2. The summed E-state index contributed by atoms with van der Waals surface area (Å²) in [6.07, 6.45) is 7.21. The van der Waals surface area contributed by atoms with Crippen molar-refractivity contribution in [2.75, 3.05) is 25.5 Å². The van der Waals surface area contributed by atoms with Crippen molar-refractivity contribution in [3.05, 3.63) is 76.1 Å². The number of aromatic nitrogens is 2. The number of carbonyl (C=O) groups excluding carboxylic acids is 3. The lowest BCUT2D eigenvalue weighted by molar-refractivity contribution is -0.125. The second-order valence-corrected chi connectivity index (χ2v) is 11.0. The van der Waals surface area contributed by atoms with E-state index in [1.165, 1.54) is 36.0 Å². The third kappa shape index (κ3) is 7.86. The van der Waals surface area contributed by atoms with E-state index in [2.05, 4.69) is 34.2 Å². The first kappa shape index (κ1) is 30.5. The van der Waals surface area contributed by atoms with Crippen LogP contribution in [0.15, 0.2) is 53.5 Å². The number of nitrogens with one attached hydrogen (secondary N) is 3. The van der Waals surface area contributed by atoms with Crippen molar-refractivity contribution in [3.8, 4) is 0 Å². The second-order valence-electron chi connectivity index (χ2n) is 11.0. The summed E-state index contributed by atoms with van der Waals surface area (Å²) >= 11 is 0. The summed E-state index contributed by atoms with van der Waals surface area (Å²) in [4.78, 5) is 55.6. The molecule has 3 amide bonds. The van der Waals surface area contributed by atoms with E-state index in [4.69, 9.17) is 0 Å². The molecule has 1 fully saturated rings. The van der Waals surface area contributed by atoms with Gasteiger partial charge in [-0.25, -0.2) is 9.18 Å². The van der Waals surface area contributed by atoms with Crippen LogP contribution < -0.4 is 16.2 Å². The van der Waals surface area contributed by atoms with Crippen LogP contribution in [-0.4, -0.2) is 58.6 Å². The molecule has 224 valence electrons. The molecule has 11 heteroatoms. The van der Waals surface area contributed by atoms with E-state index < -0.39 is 23.6 Å². The third-order valence-corrected chi connectivity index (χ3v) is 7.17. The Labute approximate surface area is 243 Å². The van der Waals surface area contributed by atoms with E-state index in [-0.39, 0.29) is 30.4 Å². The molecule has 10 nitrogen and oxygen atoms in total. The lowest BCUT2D eigenvalue weighted by Gasteiger charge is -2.17.